The van der Waals surface area contributed by atoms with Gasteiger partial charge in [-0.05, 0) is 45.2 Å². The van der Waals surface area contributed by atoms with Crippen LogP contribution in [0.25, 0.3) is 0 Å². The van der Waals surface area contributed by atoms with Gasteiger partial charge < -0.3 is 33.9 Å². The van der Waals surface area contributed by atoms with E-state index in [1.165, 1.54) is 5.56 Å². The number of carbonyl (C=O) groups excluding carboxylic acids is 1. The fourth-order valence-corrected chi connectivity index (χ4v) is 7.91. The summed E-state index contributed by atoms with van der Waals surface area (Å²) in [5, 5.41) is 3.59. The van der Waals surface area contributed by atoms with Gasteiger partial charge in [0.25, 0.3) is 0 Å². The van der Waals surface area contributed by atoms with Crippen molar-refractivity contribution >= 4 is 46.6 Å². The Bertz CT molecular complexity index is 1100. The summed E-state index contributed by atoms with van der Waals surface area (Å²) in [7, 11) is 1.67. The van der Waals surface area contributed by atoms with E-state index in [1.54, 1.807) is 12.0 Å². The first-order valence-electron chi connectivity index (χ1n) is 12.8. The van der Waals surface area contributed by atoms with Crippen molar-refractivity contribution in [1.82, 2.24) is 4.90 Å². The maximum Gasteiger partial charge on any atom is 0.410 e. The highest BCUT2D eigenvalue weighted by atomic mass is 35.6. The Hall–Kier alpha value is -1.16. The van der Waals surface area contributed by atoms with Gasteiger partial charge in [0, 0.05) is 41.6 Å². The molecule has 4 saturated heterocycles. The van der Waals surface area contributed by atoms with Gasteiger partial charge in [-0.15, -0.1) is 0 Å². The Labute approximate surface area is 232 Å². The largest absolute Gasteiger partial charge is 0.497 e. The zero-order chi connectivity index (χ0) is 26.4. The fourth-order valence-electron chi connectivity index (χ4n) is 7.74. The van der Waals surface area contributed by atoms with Gasteiger partial charge in [-0.1, -0.05) is 40.9 Å². The number of rotatable bonds is 2. The predicted molar refractivity (Wildman–Crippen MR) is 140 cm³/mol. The summed E-state index contributed by atoms with van der Waals surface area (Å²) in [6, 6.07) is 6.01. The van der Waals surface area contributed by atoms with E-state index in [0.717, 1.165) is 24.3 Å². The summed E-state index contributed by atoms with van der Waals surface area (Å²) in [6.45, 7) is 7.12. The van der Waals surface area contributed by atoms with E-state index in [1.807, 2.05) is 32.9 Å². The zero-order valence-electron chi connectivity index (χ0n) is 21.4. The minimum atomic E-state index is -1.70. The van der Waals surface area contributed by atoms with Crippen molar-refractivity contribution in [3.63, 3.8) is 0 Å². The van der Waals surface area contributed by atoms with Crippen LogP contribution in [-0.2, 0) is 24.4 Å². The van der Waals surface area contributed by atoms with Crippen LogP contribution in [-0.4, -0.2) is 77.8 Å². The summed E-state index contributed by atoms with van der Waals surface area (Å²) < 4.78 is 28.9. The number of amides is 1. The zero-order valence-corrected chi connectivity index (χ0v) is 23.7. The van der Waals surface area contributed by atoms with E-state index in [9.17, 15) is 4.79 Å². The first kappa shape index (κ1) is 26.1. The molecule has 2 unspecified atom stereocenters. The molecule has 0 aromatic heterocycles. The van der Waals surface area contributed by atoms with E-state index < -0.39 is 21.3 Å². The average molecular weight is 576 g/mol. The third-order valence-corrected chi connectivity index (χ3v) is 9.47. The maximum absolute atomic E-state index is 13.6. The lowest BCUT2D eigenvalue weighted by atomic mass is 9.67. The molecule has 0 radical (unpaired) electrons. The number of alkyl halides is 3. The lowest BCUT2D eigenvalue weighted by Gasteiger charge is -2.55. The number of likely N-dealkylation sites (tertiary alicyclic amines) is 1. The van der Waals surface area contributed by atoms with Crippen molar-refractivity contribution in [2.24, 2.45) is 11.8 Å². The molecule has 4 bridgehead atoms. The number of fused-ring (bicyclic) bond motifs is 2. The summed E-state index contributed by atoms with van der Waals surface area (Å²) >= 11 is 17.8. The maximum atomic E-state index is 13.6. The lowest BCUT2D eigenvalue weighted by molar-refractivity contribution is -0.216. The first-order valence-corrected chi connectivity index (χ1v) is 13.9. The van der Waals surface area contributed by atoms with Gasteiger partial charge in [0.2, 0.25) is 3.79 Å². The molecule has 2 spiro atoms. The highest BCUT2D eigenvalue weighted by molar-refractivity contribution is 6.67. The molecule has 1 amide bonds. The average Bonchev–Trinajstić information content (AvgIpc) is 3.21. The number of halogens is 3. The molecule has 1 aliphatic carbocycles. The minimum absolute atomic E-state index is 0.0468. The smallest absolute Gasteiger partial charge is 0.410 e. The Morgan fingerprint density at radius 3 is 2.76 bits per heavy atom. The second kappa shape index (κ2) is 8.67. The highest BCUT2D eigenvalue weighted by Crippen LogP contribution is 2.60. The molecule has 1 aromatic rings. The van der Waals surface area contributed by atoms with Gasteiger partial charge >= 0.3 is 6.09 Å². The van der Waals surface area contributed by atoms with Crippen LogP contribution in [0.3, 0.4) is 0 Å². The van der Waals surface area contributed by atoms with Gasteiger partial charge in [0.15, 0.2) is 5.79 Å². The molecule has 6 aliphatic rings. The van der Waals surface area contributed by atoms with Crippen LogP contribution in [0.2, 0.25) is 0 Å². The second-order valence-corrected chi connectivity index (χ2v) is 14.1. The number of ether oxygens (including phenoxy) is 5. The minimum Gasteiger partial charge on any atom is -0.497 e. The number of piperidine rings is 1. The first-order chi connectivity index (χ1) is 17.4. The highest BCUT2D eigenvalue weighted by Gasteiger charge is 2.68. The molecule has 7 atom stereocenters. The number of methoxy groups -OCH3 is 1. The number of benzene rings is 1. The van der Waals surface area contributed by atoms with Gasteiger partial charge in [0.05, 0.1) is 32.5 Å². The molecule has 204 valence electrons. The Morgan fingerprint density at radius 2 is 2.08 bits per heavy atom. The quantitative estimate of drug-likeness (QED) is 0.504. The summed E-state index contributed by atoms with van der Waals surface area (Å²) in [5.41, 5.74) is 1.20. The standard InChI is InChI=1S/C26H33Cl3N2O6/c1-14-25(37-23(2,3)36-14)12-31(22(32)35-13-26(27,28)29)20-9-24(21-8-18(25)16(20)10-34-21)11-30-19-7-15(33-4)5-6-17(19)24/h5-7,14,16,18,20-21,30H,8-13H2,1-4H3/t14-,16-,18-,20+,21?,24?,25+/m1/s1. The number of carbonyl (C=O) groups is 1. The molecule has 37 heavy (non-hydrogen) atoms. The Balaban J connectivity index is 1.43. The molecule has 1 aromatic carbocycles. The Morgan fingerprint density at radius 1 is 1.30 bits per heavy atom. The molecule has 5 heterocycles. The van der Waals surface area contributed by atoms with Crippen molar-refractivity contribution in [2.45, 2.75) is 72.5 Å². The van der Waals surface area contributed by atoms with Crippen molar-refractivity contribution in [3.8, 4) is 5.75 Å². The number of hydrogen-bond donors (Lipinski definition) is 1. The molecule has 5 aliphatic heterocycles. The Kier molecular flexibility index (Phi) is 6.11. The van der Waals surface area contributed by atoms with E-state index in [2.05, 4.69) is 11.4 Å². The van der Waals surface area contributed by atoms with Crippen molar-refractivity contribution < 1.29 is 28.5 Å². The fraction of sp³-hybridized carbons (Fsp3) is 0.731. The third-order valence-electron chi connectivity index (χ3n) is 9.14. The van der Waals surface area contributed by atoms with Gasteiger partial charge in [0.1, 0.15) is 18.0 Å². The van der Waals surface area contributed by atoms with Crippen LogP contribution in [0.15, 0.2) is 18.2 Å². The lowest BCUT2D eigenvalue weighted by Crippen LogP contribution is -2.68. The molecule has 7 rings (SSSR count). The number of nitrogens with zero attached hydrogens (tertiary/aromatic N) is 1. The van der Waals surface area contributed by atoms with Crippen LogP contribution < -0.4 is 10.1 Å². The van der Waals surface area contributed by atoms with E-state index in [4.69, 9.17) is 58.5 Å². The van der Waals surface area contributed by atoms with Crippen molar-refractivity contribution in [3.05, 3.63) is 23.8 Å². The normalized spacial score (nSPS) is 39.4. The monoisotopic (exact) mass is 574 g/mol. The second-order valence-electron chi connectivity index (χ2n) is 11.5. The van der Waals surface area contributed by atoms with E-state index in [0.29, 0.717) is 19.7 Å². The van der Waals surface area contributed by atoms with E-state index in [-0.39, 0.29) is 42.1 Å². The van der Waals surface area contributed by atoms with Gasteiger partial charge in [-0.3, -0.25) is 0 Å². The van der Waals surface area contributed by atoms with Crippen LogP contribution in [0, 0.1) is 11.8 Å². The summed E-state index contributed by atoms with van der Waals surface area (Å²) in [4.78, 5) is 15.4. The molecular formula is C26H33Cl3N2O6. The van der Waals surface area contributed by atoms with Crippen molar-refractivity contribution in [2.75, 3.05) is 38.7 Å². The number of nitrogens with one attached hydrogen (secondary N) is 1. The molecular weight excluding hydrogens is 543 g/mol. The molecule has 5 fully saturated rings. The van der Waals surface area contributed by atoms with Crippen LogP contribution >= 0.6 is 34.8 Å². The number of hydrogen-bond acceptors (Lipinski definition) is 7. The van der Waals surface area contributed by atoms with Crippen molar-refractivity contribution in [1.29, 1.82) is 0 Å². The third kappa shape index (κ3) is 4.09. The van der Waals surface area contributed by atoms with Crippen LogP contribution in [0.1, 0.15) is 39.2 Å². The van der Waals surface area contributed by atoms with E-state index >= 15 is 0 Å². The van der Waals surface area contributed by atoms with Gasteiger partial charge in [-0.2, -0.15) is 0 Å². The topological polar surface area (TPSA) is 78.5 Å². The SMILES string of the molecule is COc1ccc2c(c1)NCC21C[C@H]2[C@@H]3COC1C[C@H]3[C@@]1(CN2C(=O)OCC(Cl)(Cl)Cl)OC(C)(C)O[C@@H]1C. The van der Waals surface area contributed by atoms with Crippen LogP contribution in [0.5, 0.6) is 5.75 Å². The summed E-state index contributed by atoms with van der Waals surface area (Å²) in [6.07, 6.45) is 0.744. The number of anilines is 1. The molecule has 1 saturated carbocycles. The molecule has 11 heteroatoms. The molecule has 1 N–H and O–H groups in total. The molecule has 8 nitrogen and oxygen atoms in total. The predicted octanol–water partition coefficient (Wildman–Crippen LogP) is 4.88. The summed E-state index contributed by atoms with van der Waals surface area (Å²) in [5.74, 6) is 0.213. The van der Waals surface area contributed by atoms with Crippen LogP contribution in [0.4, 0.5) is 10.5 Å². The van der Waals surface area contributed by atoms with Gasteiger partial charge in [-0.25, -0.2) is 4.79 Å².